The third-order valence-electron chi connectivity index (χ3n) is 6.86. The number of hydrogen-bond acceptors (Lipinski definition) is 7. The molecule has 0 atom stereocenters. The molecule has 43 heavy (non-hydrogen) atoms. The summed E-state index contributed by atoms with van der Waals surface area (Å²) >= 11 is 4.07. The first-order valence-electron chi connectivity index (χ1n) is 13.8. The summed E-state index contributed by atoms with van der Waals surface area (Å²) < 4.78 is -1.03. The van der Waals surface area contributed by atoms with Crippen molar-refractivity contribution in [2.45, 2.75) is 50.2 Å². The lowest BCUT2D eigenvalue weighted by Gasteiger charge is -2.41. The maximum absolute atomic E-state index is 11.4. The third-order valence-corrected chi connectivity index (χ3v) is 11.2. The van der Waals surface area contributed by atoms with Gasteiger partial charge in [-0.3, -0.25) is 0 Å². The van der Waals surface area contributed by atoms with Crippen LogP contribution in [0.3, 0.4) is 0 Å². The van der Waals surface area contributed by atoms with Crippen molar-refractivity contribution in [2.24, 2.45) is 0 Å². The second-order valence-corrected chi connectivity index (χ2v) is 13.9. The number of phenolic OH excluding ortho intramolecular Hbond substituents is 1. The molecular formula is C36H36O4S3. The van der Waals surface area contributed by atoms with Crippen LogP contribution in [0.15, 0.2) is 154 Å². The Balaban J connectivity index is 2.01. The molecule has 0 aromatic heterocycles. The molecule has 0 fully saturated rings. The molecule has 4 nitrogen and oxygen atoms in total. The Morgan fingerprint density at radius 1 is 0.651 bits per heavy atom. The van der Waals surface area contributed by atoms with E-state index in [9.17, 15) is 20.4 Å². The monoisotopic (exact) mass is 628 g/mol. The lowest BCUT2D eigenvalue weighted by Crippen LogP contribution is -2.41. The van der Waals surface area contributed by atoms with Crippen LogP contribution in [-0.2, 0) is 19.3 Å². The highest BCUT2D eigenvalue weighted by atomic mass is 32.2. The highest BCUT2D eigenvalue weighted by molar-refractivity contribution is 8.19. The van der Waals surface area contributed by atoms with Crippen molar-refractivity contribution in [1.82, 2.24) is 0 Å². The average molecular weight is 629 g/mol. The SMILES string of the molecule is C=CCC1=C(Sc2cc(CC=C)ccc2O)C(O)(O)C(O)=CC1(Sc1ccccc1CC=C)Sc1ccccc1CC=C. The standard InChI is InChI=1S/C36H36O4S3/c1-5-13-25-21-22-29(37)32(23-25)41-34-28(16-8-4)35(24-33(38)36(34,39)40,42-30-19-11-9-17-26(30)14-6-2)43-31-20-12-10-18-27(31)15-7-3/h5-12,17-24,37-40H,1-4,13-16H2. The van der Waals surface area contributed by atoms with E-state index in [-0.39, 0.29) is 17.1 Å². The third kappa shape index (κ3) is 7.25. The van der Waals surface area contributed by atoms with E-state index in [2.05, 4.69) is 26.3 Å². The van der Waals surface area contributed by atoms with Gasteiger partial charge in [0.25, 0.3) is 5.79 Å². The molecule has 7 heteroatoms. The van der Waals surface area contributed by atoms with Gasteiger partial charge in [-0.25, -0.2) is 0 Å². The van der Waals surface area contributed by atoms with E-state index < -0.39 is 15.6 Å². The number of aliphatic hydroxyl groups excluding tert-OH is 1. The summed E-state index contributed by atoms with van der Waals surface area (Å²) in [5, 5.41) is 45.1. The molecule has 0 saturated carbocycles. The maximum atomic E-state index is 11.4. The minimum absolute atomic E-state index is 0.00771. The molecule has 0 bridgehead atoms. The molecule has 0 spiro atoms. The zero-order valence-electron chi connectivity index (χ0n) is 23.9. The summed E-state index contributed by atoms with van der Waals surface area (Å²) in [6.07, 6.45) is 10.9. The molecule has 0 saturated heterocycles. The fourth-order valence-electron chi connectivity index (χ4n) is 4.79. The van der Waals surface area contributed by atoms with Gasteiger partial charge in [0, 0.05) is 9.79 Å². The minimum Gasteiger partial charge on any atom is -0.507 e. The van der Waals surface area contributed by atoms with E-state index in [4.69, 9.17) is 0 Å². The fraction of sp³-hybridized carbons (Fsp3) is 0.167. The molecular weight excluding hydrogens is 593 g/mol. The zero-order chi connectivity index (χ0) is 31.0. The Morgan fingerprint density at radius 3 is 1.72 bits per heavy atom. The zero-order valence-corrected chi connectivity index (χ0v) is 26.4. The van der Waals surface area contributed by atoms with Crippen LogP contribution < -0.4 is 0 Å². The number of hydrogen-bond donors (Lipinski definition) is 4. The van der Waals surface area contributed by atoms with Crippen molar-refractivity contribution >= 4 is 35.3 Å². The van der Waals surface area contributed by atoms with Crippen molar-refractivity contribution in [3.05, 3.63) is 156 Å². The molecule has 1 aliphatic carbocycles. The summed E-state index contributed by atoms with van der Waals surface area (Å²) in [5.74, 6) is -3.28. The second kappa shape index (κ2) is 14.4. The van der Waals surface area contributed by atoms with Crippen LogP contribution in [0.1, 0.15) is 23.1 Å². The van der Waals surface area contributed by atoms with Gasteiger partial charge in [0.1, 0.15) is 9.83 Å². The summed E-state index contributed by atoms with van der Waals surface area (Å²) in [5.41, 5.74) is 3.66. The Hall–Kier alpha value is -3.33. The molecule has 0 aliphatic heterocycles. The first-order valence-corrected chi connectivity index (χ1v) is 16.2. The van der Waals surface area contributed by atoms with Gasteiger partial charge in [-0.2, -0.15) is 0 Å². The van der Waals surface area contributed by atoms with Crippen molar-refractivity contribution in [3.63, 3.8) is 0 Å². The molecule has 0 unspecified atom stereocenters. The van der Waals surface area contributed by atoms with Crippen LogP contribution in [0.25, 0.3) is 0 Å². The predicted octanol–water partition coefficient (Wildman–Crippen LogP) is 8.92. The fourth-order valence-corrected chi connectivity index (χ4v) is 9.32. The highest BCUT2D eigenvalue weighted by Crippen LogP contribution is 2.60. The van der Waals surface area contributed by atoms with Crippen LogP contribution in [0.5, 0.6) is 5.75 Å². The lowest BCUT2D eigenvalue weighted by molar-refractivity contribution is -0.116. The van der Waals surface area contributed by atoms with Crippen molar-refractivity contribution in [1.29, 1.82) is 0 Å². The Bertz CT molecular complexity index is 1530. The van der Waals surface area contributed by atoms with Crippen LogP contribution in [0.4, 0.5) is 0 Å². The first kappa shape index (κ1) is 32.6. The van der Waals surface area contributed by atoms with E-state index in [0.29, 0.717) is 29.7 Å². The normalized spacial score (nSPS) is 15.4. The smallest absolute Gasteiger partial charge is 0.256 e. The lowest BCUT2D eigenvalue weighted by atomic mass is 9.96. The molecule has 3 aromatic rings. The van der Waals surface area contributed by atoms with Crippen LogP contribution in [0, 0.1) is 0 Å². The summed E-state index contributed by atoms with van der Waals surface area (Å²) in [6.45, 7) is 15.7. The number of aromatic hydroxyl groups is 1. The highest BCUT2D eigenvalue weighted by Gasteiger charge is 2.50. The van der Waals surface area contributed by atoms with Crippen LogP contribution in [-0.4, -0.2) is 30.3 Å². The van der Waals surface area contributed by atoms with E-state index in [1.807, 2.05) is 60.7 Å². The molecule has 0 amide bonds. The van der Waals surface area contributed by atoms with Gasteiger partial charge in [0.15, 0.2) is 5.76 Å². The van der Waals surface area contributed by atoms with E-state index in [1.165, 1.54) is 29.6 Å². The number of rotatable bonds is 14. The van der Waals surface area contributed by atoms with Gasteiger partial charge < -0.3 is 20.4 Å². The topological polar surface area (TPSA) is 80.9 Å². The molecule has 222 valence electrons. The summed E-state index contributed by atoms with van der Waals surface area (Å²) in [7, 11) is 0. The Kier molecular flexibility index (Phi) is 10.9. The van der Waals surface area contributed by atoms with E-state index >= 15 is 0 Å². The maximum Gasteiger partial charge on any atom is 0.256 e. The Morgan fingerprint density at radius 2 is 1.19 bits per heavy atom. The molecule has 4 rings (SSSR count). The number of aliphatic hydroxyl groups is 3. The van der Waals surface area contributed by atoms with E-state index in [1.54, 1.807) is 30.4 Å². The molecule has 0 heterocycles. The molecule has 4 N–H and O–H groups in total. The molecule has 0 radical (unpaired) electrons. The van der Waals surface area contributed by atoms with Crippen LogP contribution in [0.2, 0.25) is 0 Å². The largest absolute Gasteiger partial charge is 0.507 e. The van der Waals surface area contributed by atoms with Gasteiger partial charge in [0.05, 0.1) is 9.80 Å². The molecule has 3 aromatic carbocycles. The number of thioether (sulfide) groups is 3. The summed E-state index contributed by atoms with van der Waals surface area (Å²) in [6, 6.07) is 21.2. The first-order chi connectivity index (χ1) is 20.7. The quantitative estimate of drug-likeness (QED) is 0.105. The van der Waals surface area contributed by atoms with Crippen molar-refractivity contribution in [3.8, 4) is 5.75 Å². The average Bonchev–Trinajstić information content (AvgIpc) is 2.98. The van der Waals surface area contributed by atoms with E-state index in [0.717, 1.165) is 38.2 Å². The second-order valence-electron chi connectivity index (χ2n) is 9.97. The van der Waals surface area contributed by atoms with Crippen molar-refractivity contribution < 1.29 is 20.4 Å². The van der Waals surface area contributed by atoms with Gasteiger partial charge in [-0.15, -0.1) is 26.3 Å². The number of allylic oxidation sites excluding steroid dienone is 4. The minimum atomic E-state index is -2.68. The number of phenols is 1. The Labute approximate surface area is 267 Å². The van der Waals surface area contributed by atoms with Crippen LogP contribution >= 0.6 is 35.3 Å². The van der Waals surface area contributed by atoms with Gasteiger partial charge in [0.2, 0.25) is 0 Å². The number of benzene rings is 3. The predicted molar refractivity (Wildman–Crippen MR) is 183 cm³/mol. The van der Waals surface area contributed by atoms with Gasteiger partial charge in [-0.1, -0.05) is 102 Å². The summed E-state index contributed by atoms with van der Waals surface area (Å²) in [4.78, 5) is 2.47. The van der Waals surface area contributed by atoms with Gasteiger partial charge in [-0.05, 0) is 78.3 Å². The van der Waals surface area contributed by atoms with Gasteiger partial charge >= 0.3 is 0 Å². The van der Waals surface area contributed by atoms with Crippen molar-refractivity contribution in [2.75, 3.05) is 0 Å². The molecule has 1 aliphatic rings.